The fraction of sp³-hybridized carbons (Fsp3) is 0.250. The third kappa shape index (κ3) is 1.55. The summed E-state index contributed by atoms with van der Waals surface area (Å²) in [5.74, 6) is 0. The van der Waals surface area contributed by atoms with Gasteiger partial charge >= 0.3 is 5.69 Å². The zero-order valence-corrected chi connectivity index (χ0v) is 7.99. The molecule has 2 aromatic heterocycles. The standard InChI is InChI=1S/C8H9N3OS/c1-10-6-9-11(8(10)12)4-7-2-3-13-5-7/h2-3,5-6H,4H2,1H3. The minimum absolute atomic E-state index is 0.0776. The van der Waals surface area contributed by atoms with Gasteiger partial charge in [-0.3, -0.25) is 4.57 Å². The highest BCUT2D eigenvalue weighted by Crippen LogP contribution is 2.05. The maximum atomic E-state index is 11.4. The van der Waals surface area contributed by atoms with E-state index in [4.69, 9.17) is 0 Å². The van der Waals surface area contributed by atoms with E-state index in [2.05, 4.69) is 5.10 Å². The third-order valence-corrected chi connectivity index (χ3v) is 2.53. The van der Waals surface area contributed by atoms with Crippen LogP contribution < -0.4 is 5.69 Å². The molecule has 0 unspecified atom stereocenters. The maximum Gasteiger partial charge on any atom is 0.345 e. The first-order valence-corrected chi connectivity index (χ1v) is 4.81. The van der Waals surface area contributed by atoms with Crippen LogP contribution in [-0.2, 0) is 13.6 Å². The SMILES string of the molecule is Cn1cnn(Cc2ccsc2)c1=O. The van der Waals surface area contributed by atoms with Crippen molar-refractivity contribution in [2.75, 3.05) is 0 Å². The Hall–Kier alpha value is -1.36. The van der Waals surface area contributed by atoms with Crippen LogP contribution in [0.3, 0.4) is 0 Å². The molecule has 0 aliphatic rings. The molecule has 0 aliphatic heterocycles. The summed E-state index contributed by atoms with van der Waals surface area (Å²) in [6.45, 7) is 0.559. The average molecular weight is 195 g/mol. The number of hydrogen-bond acceptors (Lipinski definition) is 3. The van der Waals surface area contributed by atoms with E-state index < -0.39 is 0 Å². The molecule has 0 radical (unpaired) electrons. The summed E-state index contributed by atoms with van der Waals surface area (Å²) in [5, 5.41) is 7.97. The molecule has 0 aromatic carbocycles. The monoisotopic (exact) mass is 195 g/mol. The number of nitrogens with zero attached hydrogens (tertiary/aromatic N) is 3. The van der Waals surface area contributed by atoms with E-state index in [0.29, 0.717) is 6.54 Å². The zero-order chi connectivity index (χ0) is 9.26. The first kappa shape index (κ1) is 8.25. The summed E-state index contributed by atoms with van der Waals surface area (Å²) in [4.78, 5) is 11.4. The minimum Gasteiger partial charge on any atom is -0.285 e. The van der Waals surface area contributed by atoms with Crippen molar-refractivity contribution in [2.45, 2.75) is 6.54 Å². The van der Waals surface area contributed by atoms with Gasteiger partial charge in [0, 0.05) is 7.05 Å². The van der Waals surface area contributed by atoms with Crippen LogP contribution in [0.4, 0.5) is 0 Å². The van der Waals surface area contributed by atoms with Crippen LogP contribution >= 0.6 is 11.3 Å². The van der Waals surface area contributed by atoms with Gasteiger partial charge in [-0.05, 0) is 22.4 Å². The fourth-order valence-corrected chi connectivity index (χ4v) is 1.74. The second-order valence-corrected chi connectivity index (χ2v) is 3.59. The Kier molecular flexibility index (Phi) is 2.02. The van der Waals surface area contributed by atoms with Crippen molar-refractivity contribution < 1.29 is 0 Å². The van der Waals surface area contributed by atoms with Gasteiger partial charge < -0.3 is 0 Å². The summed E-state index contributed by atoms with van der Waals surface area (Å²) < 4.78 is 2.91. The van der Waals surface area contributed by atoms with E-state index in [-0.39, 0.29) is 5.69 Å². The quantitative estimate of drug-likeness (QED) is 0.707. The van der Waals surface area contributed by atoms with Crippen molar-refractivity contribution in [1.29, 1.82) is 0 Å². The van der Waals surface area contributed by atoms with Crippen LogP contribution in [0.1, 0.15) is 5.56 Å². The molecular weight excluding hydrogens is 186 g/mol. The van der Waals surface area contributed by atoms with Crippen molar-refractivity contribution >= 4 is 11.3 Å². The van der Waals surface area contributed by atoms with Gasteiger partial charge in [-0.25, -0.2) is 9.48 Å². The molecule has 4 nitrogen and oxygen atoms in total. The molecule has 0 saturated carbocycles. The molecule has 2 heterocycles. The first-order chi connectivity index (χ1) is 6.27. The van der Waals surface area contributed by atoms with Gasteiger partial charge in [-0.15, -0.1) is 0 Å². The predicted octanol–water partition coefficient (Wildman–Crippen LogP) is 0.692. The van der Waals surface area contributed by atoms with E-state index in [1.54, 1.807) is 18.4 Å². The Morgan fingerprint density at radius 3 is 3.00 bits per heavy atom. The highest BCUT2D eigenvalue weighted by Gasteiger charge is 2.01. The molecule has 0 fully saturated rings. The number of rotatable bonds is 2. The topological polar surface area (TPSA) is 39.8 Å². The highest BCUT2D eigenvalue weighted by atomic mass is 32.1. The van der Waals surface area contributed by atoms with Crippen LogP contribution in [0, 0.1) is 0 Å². The lowest BCUT2D eigenvalue weighted by Crippen LogP contribution is -2.23. The highest BCUT2D eigenvalue weighted by molar-refractivity contribution is 7.07. The molecule has 0 saturated heterocycles. The third-order valence-electron chi connectivity index (χ3n) is 1.80. The molecule has 0 aliphatic carbocycles. The molecule has 0 amide bonds. The predicted molar refractivity (Wildman–Crippen MR) is 50.9 cm³/mol. The van der Waals surface area contributed by atoms with Gasteiger partial charge in [0.1, 0.15) is 6.33 Å². The Morgan fingerprint density at radius 1 is 1.62 bits per heavy atom. The van der Waals surface area contributed by atoms with Gasteiger partial charge in [0.2, 0.25) is 0 Å². The molecule has 5 heteroatoms. The summed E-state index contributed by atoms with van der Waals surface area (Å²) in [7, 11) is 1.69. The average Bonchev–Trinajstić information content (AvgIpc) is 2.71. The summed E-state index contributed by atoms with van der Waals surface area (Å²) in [6, 6.07) is 1.99. The molecule has 68 valence electrons. The van der Waals surface area contributed by atoms with E-state index >= 15 is 0 Å². The van der Waals surface area contributed by atoms with E-state index in [9.17, 15) is 4.79 Å². The second kappa shape index (κ2) is 3.18. The van der Waals surface area contributed by atoms with Gasteiger partial charge in [-0.1, -0.05) is 0 Å². The Labute approximate surface area is 79.1 Å². The van der Waals surface area contributed by atoms with Crippen LogP contribution in [-0.4, -0.2) is 14.3 Å². The minimum atomic E-state index is -0.0776. The Bertz CT molecular complexity index is 440. The molecule has 0 bridgehead atoms. The molecule has 2 aromatic rings. The van der Waals surface area contributed by atoms with Crippen molar-refractivity contribution in [1.82, 2.24) is 14.3 Å². The molecular formula is C8H9N3OS. The van der Waals surface area contributed by atoms with Gasteiger partial charge in [0.15, 0.2) is 0 Å². The Morgan fingerprint density at radius 2 is 2.46 bits per heavy atom. The summed E-state index contributed by atoms with van der Waals surface area (Å²) >= 11 is 1.62. The normalized spacial score (nSPS) is 10.5. The molecule has 2 rings (SSSR count). The summed E-state index contributed by atoms with van der Waals surface area (Å²) in [6.07, 6.45) is 1.52. The van der Waals surface area contributed by atoms with Crippen LogP contribution in [0.25, 0.3) is 0 Å². The first-order valence-electron chi connectivity index (χ1n) is 3.87. The molecule has 13 heavy (non-hydrogen) atoms. The van der Waals surface area contributed by atoms with E-state index in [1.807, 2.05) is 16.8 Å². The van der Waals surface area contributed by atoms with E-state index in [0.717, 1.165) is 5.56 Å². The lowest BCUT2D eigenvalue weighted by Gasteiger charge is -1.94. The number of hydrogen-bond donors (Lipinski definition) is 0. The van der Waals surface area contributed by atoms with Crippen molar-refractivity contribution in [2.24, 2.45) is 7.05 Å². The second-order valence-electron chi connectivity index (χ2n) is 2.81. The lowest BCUT2D eigenvalue weighted by molar-refractivity contribution is 0.648. The van der Waals surface area contributed by atoms with Crippen LogP contribution in [0.2, 0.25) is 0 Å². The fourth-order valence-electron chi connectivity index (χ4n) is 1.08. The Balaban J connectivity index is 2.29. The van der Waals surface area contributed by atoms with Crippen molar-refractivity contribution in [3.05, 3.63) is 39.2 Å². The van der Waals surface area contributed by atoms with Crippen LogP contribution in [0.5, 0.6) is 0 Å². The van der Waals surface area contributed by atoms with Gasteiger partial charge in [-0.2, -0.15) is 16.4 Å². The van der Waals surface area contributed by atoms with Crippen molar-refractivity contribution in [3.63, 3.8) is 0 Å². The molecule has 0 N–H and O–H groups in total. The van der Waals surface area contributed by atoms with Crippen molar-refractivity contribution in [3.8, 4) is 0 Å². The number of aryl methyl sites for hydroxylation is 1. The largest absolute Gasteiger partial charge is 0.345 e. The maximum absolute atomic E-state index is 11.4. The number of thiophene rings is 1. The van der Waals surface area contributed by atoms with Gasteiger partial charge in [0.25, 0.3) is 0 Å². The molecule has 0 atom stereocenters. The van der Waals surface area contributed by atoms with Gasteiger partial charge in [0.05, 0.1) is 6.54 Å². The zero-order valence-electron chi connectivity index (χ0n) is 7.17. The molecule has 0 spiro atoms. The van der Waals surface area contributed by atoms with Crippen LogP contribution in [0.15, 0.2) is 27.9 Å². The number of aromatic nitrogens is 3. The lowest BCUT2D eigenvalue weighted by atomic mass is 10.3. The summed E-state index contributed by atoms with van der Waals surface area (Å²) in [5.41, 5.74) is 1.04. The van der Waals surface area contributed by atoms with E-state index in [1.165, 1.54) is 15.6 Å². The smallest absolute Gasteiger partial charge is 0.285 e.